The summed E-state index contributed by atoms with van der Waals surface area (Å²) in [4.78, 5) is 24.1. The van der Waals surface area contributed by atoms with E-state index in [-0.39, 0.29) is 18.2 Å². The van der Waals surface area contributed by atoms with E-state index in [9.17, 15) is 9.59 Å². The van der Waals surface area contributed by atoms with Crippen molar-refractivity contribution in [3.05, 3.63) is 0 Å². The van der Waals surface area contributed by atoms with Gasteiger partial charge in [-0.25, -0.2) is 0 Å². The molecule has 0 bridgehead atoms. The number of carbonyl (C=O) groups excluding carboxylic acids is 2. The third-order valence-electron chi connectivity index (χ3n) is 4.08. The average molecular weight is 368 g/mol. The highest BCUT2D eigenvalue weighted by Gasteiger charge is 2.61. The van der Waals surface area contributed by atoms with Crippen molar-refractivity contribution in [3.8, 4) is 0 Å². The molecule has 0 N–H and O–H groups in total. The summed E-state index contributed by atoms with van der Waals surface area (Å²) < 4.78 is 4.35. The fourth-order valence-electron chi connectivity index (χ4n) is 3.03. The van der Waals surface area contributed by atoms with Crippen LogP contribution in [0.4, 0.5) is 0 Å². The number of Topliss-reactive ketones (excluding diaryl/α,β-unsaturated/α-hetero) is 1. The maximum Gasteiger partial charge on any atom is 0.306 e. The zero-order valence-electron chi connectivity index (χ0n) is 9.80. The third kappa shape index (κ3) is 2.21. The van der Waals surface area contributed by atoms with Crippen molar-refractivity contribution in [1.82, 2.24) is 0 Å². The molecule has 0 aromatic heterocycles. The van der Waals surface area contributed by atoms with Crippen LogP contribution in [0.5, 0.6) is 0 Å². The molecule has 17 heavy (non-hydrogen) atoms. The second kappa shape index (κ2) is 4.65. The van der Waals surface area contributed by atoms with Crippen molar-refractivity contribution in [3.63, 3.8) is 0 Å². The summed E-state index contributed by atoms with van der Waals surface area (Å²) in [6, 6.07) is 0. The van der Waals surface area contributed by atoms with E-state index in [1.807, 2.05) is 0 Å². The summed E-state index contributed by atoms with van der Waals surface area (Å²) in [5.74, 6) is 0.242. The lowest BCUT2D eigenvalue weighted by molar-refractivity contribution is -0.160. The Bertz CT molecular complexity index is 354. The number of carbonyl (C=O) groups is 2. The Morgan fingerprint density at radius 2 is 2.06 bits per heavy atom. The van der Waals surface area contributed by atoms with Gasteiger partial charge in [0.05, 0.1) is 13.0 Å². The minimum Gasteiger partial charge on any atom is -0.466 e. The van der Waals surface area contributed by atoms with Crippen LogP contribution in [0.15, 0.2) is 0 Å². The lowest BCUT2D eigenvalue weighted by Crippen LogP contribution is -2.57. The Labute approximate surface area is 118 Å². The number of hydrogen-bond donors (Lipinski definition) is 0. The molecular weight excluding hydrogens is 352 g/mol. The number of fused-ring (bicyclic) bond motifs is 1. The van der Waals surface area contributed by atoms with E-state index >= 15 is 0 Å². The summed E-state index contributed by atoms with van der Waals surface area (Å²) in [6.45, 7) is 2.16. The molecule has 2 rings (SSSR count). The van der Waals surface area contributed by atoms with E-state index in [2.05, 4.69) is 31.9 Å². The Kier molecular flexibility index (Phi) is 3.70. The van der Waals surface area contributed by atoms with Crippen LogP contribution in [-0.2, 0) is 14.3 Å². The molecule has 0 saturated heterocycles. The number of esters is 1. The maximum absolute atomic E-state index is 12.5. The topological polar surface area (TPSA) is 43.4 Å². The Hall–Kier alpha value is 0.1000. The van der Waals surface area contributed by atoms with Crippen LogP contribution in [0.2, 0.25) is 0 Å². The first kappa shape index (κ1) is 13.5. The van der Waals surface area contributed by atoms with Gasteiger partial charge in [-0.1, -0.05) is 31.9 Å². The van der Waals surface area contributed by atoms with Crippen LogP contribution in [0.3, 0.4) is 0 Å². The lowest BCUT2D eigenvalue weighted by atomic mass is 9.52. The molecule has 0 amide bonds. The predicted octanol–water partition coefficient (Wildman–Crippen LogP) is 3.19. The van der Waals surface area contributed by atoms with Gasteiger partial charge in [-0.05, 0) is 38.5 Å². The normalized spacial score (nSPS) is 34.8. The molecule has 0 spiro atoms. The van der Waals surface area contributed by atoms with Gasteiger partial charge in [0, 0.05) is 5.41 Å². The Morgan fingerprint density at radius 3 is 2.59 bits per heavy atom. The van der Waals surface area contributed by atoms with Gasteiger partial charge in [-0.2, -0.15) is 0 Å². The van der Waals surface area contributed by atoms with Crippen LogP contribution < -0.4 is 0 Å². The first-order chi connectivity index (χ1) is 7.92. The minimum atomic E-state index is -0.636. The van der Waals surface area contributed by atoms with Gasteiger partial charge < -0.3 is 4.74 Å². The first-order valence-corrected chi connectivity index (χ1v) is 7.59. The standard InChI is InChI=1S/C12H16Br2O3/c1-2-17-9(15)7-11-5-3-8(11)4-6-12(13,14)10(11)16/h8H,2-7H2,1H3/t8-,11+/m1/s1. The van der Waals surface area contributed by atoms with Crippen LogP contribution >= 0.6 is 31.9 Å². The number of ether oxygens (including phenoxy) is 1. The molecule has 2 aliphatic carbocycles. The summed E-state index contributed by atoms with van der Waals surface area (Å²) in [5, 5.41) is 0. The third-order valence-corrected chi connectivity index (χ3v) is 5.59. The monoisotopic (exact) mass is 366 g/mol. The van der Waals surface area contributed by atoms with E-state index in [4.69, 9.17) is 4.74 Å². The molecule has 2 aliphatic rings. The van der Waals surface area contributed by atoms with Crippen molar-refractivity contribution < 1.29 is 14.3 Å². The van der Waals surface area contributed by atoms with E-state index < -0.39 is 8.65 Å². The van der Waals surface area contributed by atoms with Crippen molar-refractivity contribution in [2.45, 2.75) is 42.3 Å². The number of hydrogen-bond acceptors (Lipinski definition) is 3. The van der Waals surface area contributed by atoms with Crippen molar-refractivity contribution in [2.24, 2.45) is 11.3 Å². The molecule has 0 radical (unpaired) electrons. The average Bonchev–Trinajstić information content (AvgIpc) is 2.22. The van der Waals surface area contributed by atoms with Gasteiger partial charge in [0.1, 0.15) is 3.23 Å². The number of ketones is 1. The van der Waals surface area contributed by atoms with Crippen LogP contribution in [0, 0.1) is 11.3 Å². The summed E-state index contributed by atoms with van der Waals surface area (Å²) in [5.41, 5.74) is -0.475. The van der Waals surface area contributed by atoms with Gasteiger partial charge in [0.15, 0.2) is 5.78 Å². The Morgan fingerprint density at radius 1 is 1.41 bits per heavy atom. The molecular formula is C12H16Br2O3. The molecule has 96 valence electrons. The highest BCUT2D eigenvalue weighted by atomic mass is 79.9. The highest BCUT2D eigenvalue weighted by molar-refractivity contribution is 9.25. The summed E-state index contributed by atoms with van der Waals surface area (Å²) in [7, 11) is 0. The number of alkyl halides is 2. The fourth-order valence-corrected chi connectivity index (χ4v) is 4.28. The smallest absolute Gasteiger partial charge is 0.306 e. The summed E-state index contributed by atoms with van der Waals surface area (Å²) in [6.07, 6.45) is 3.89. The van der Waals surface area contributed by atoms with Crippen LogP contribution in [-0.4, -0.2) is 21.6 Å². The predicted molar refractivity (Wildman–Crippen MR) is 71.2 cm³/mol. The van der Waals surface area contributed by atoms with E-state index in [0.717, 1.165) is 25.7 Å². The molecule has 0 aromatic rings. The zero-order chi connectivity index (χ0) is 12.7. The molecule has 5 heteroatoms. The van der Waals surface area contributed by atoms with Gasteiger partial charge in [0.2, 0.25) is 0 Å². The highest BCUT2D eigenvalue weighted by Crippen LogP contribution is 2.60. The number of rotatable bonds is 3. The molecule has 2 saturated carbocycles. The van der Waals surface area contributed by atoms with Gasteiger partial charge >= 0.3 is 5.97 Å². The lowest BCUT2D eigenvalue weighted by Gasteiger charge is -2.54. The SMILES string of the molecule is CCOC(=O)C[C@@]12CC[C@@H]1CCC(Br)(Br)C2=O. The van der Waals surface area contributed by atoms with Crippen LogP contribution in [0.1, 0.15) is 39.0 Å². The quantitative estimate of drug-likeness (QED) is 0.568. The maximum atomic E-state index is 12.5. The molecule has 0 heterocycles. The second-order valence-electron chi connectivity index (χ2n) is 4.95. The molecule has 0 aliphatic heterocycles. The van der Waals surface area contributed by atoms with E-state index in [0.29, 0.717) is 12.5 Å². The fraction of sp³-hybridized carbons (Fsp3) is 0.833. The molecule has 2 atom stereocenters. The van der Waals surface area contributed by atoms with Gasteiger partial charge in [-0.3, -0.25) is 9.59 Å². The first-order valence-electron chi connectivity index (χ1n) is 6.01. The Balaban J connectivity index is 2.16. The van der Waals surface area contributed by atoms with Crippen LogP contribution in [0.25, 0.3) is 0 Å². The molecule has 2 fully saturated rings. The largest absolute Gasteiger partial charge is 0.466 e. The molecule has 0 unspecified atom stereocenters. The number of halogens is 2. The minimum absolute atomic E-state index is 0.126. The van der Waals surface area contributed by atoms with E-state index in [1.54, 1.807) is 6.92 Å². The van der Waals surface area contributed by atoms with Gasteiger partial charge in [0.25, 0.3) is 0 Å². The van der Waals surface area contributed by atoms with E-state index in [1.165, 1.54) is 0 Å². The molecule has 3 nitrogen and oxygen atoms in total. The van der Waals surface area contributed by atoms with Crippen molar-refractivity contribution in [1.29, 1.82) is 0 Å². The zero-order valence-corrected chi connectivity index (χ0v) is 13.0. The van der Waals surface area contributed by atoms with Crippen molar-refractivity contribution in [2.75, 3.05) is 6.61 Å². The summed E-state index contributed by atoms with van der Waals surface area (Å²) >= 11 is 6.88. The second-order valence-corrected chi connectivity index (χ2v) is 8.72. The van der Waals surface area contributed by atoms with Gasteiger partial charge in [-0.15, -0.1) is 0 Å². The molecule has 0 aromatic carbocycles. The van der Waals surface area contributed by atoms with Crippen molar-refractivity contribution >= 4 is 43.6 Å².